The third-order valence-corrected chi connectivity index (χ3v) is 4.64. The topological polar surface area (TPSA) is 65.8 Å². The standard InChI is InChI=1S/C17H10FN3OS2/c18-13-1-3-14(4-2-13)20-16(22)12(8-19)7-15-10-24-17(21-15)11-5-6-23-9-11/h1-7,9-10H,(H,20,22). The highest BCUT2D eigenvalue weighted by Crippen LogP contribution is 2.26. The molecule has 0 saturated carbocycles. The van der Waals surface area contributed by atoms with Crippen LogP contribution in [0.25, 0.3) is 16.6 Å². The molecule has 0 fully saturated rings. The van der Waals surface area contributed by atoms with Gasteiger partial charge in [0.05, 0.1) is 5.69 Å². The number of carbonyl (C=O) groups is 1. The van der Waals surface area contributed by atoms with E-state index in [2.05, 4.69) is 10.3 Å². The van der Waals surface area contributed by atoms with Crippen molar-refractivity contribution in [2.75, 3.05) is 5.32 Å². The van der Waals surface area contributed by atoms with Gasteiger partial charge in [-0.1, -0.05) is 0 Å². The van der Waals surface area contributed by atoms with E-state index < -0.39 is 11.7 Å². The molecule has 1 amide bonds. The third-order valence-electron chi connectivity index (χ3n) is 3.05. The summed E-state index contributed by atoms with van der Waals surface area (Å²) in [6.45, 7) is 0. The van der Waals surface area contributed by atoms with Gasteiger partial charge in [-0.2, -0.15) is 16.6 Å². The van der Waals surface area contributed by atoms with Crippen molar-refractivity contribution in [3.05, 3.63) is 63.6 Å². The molecule has 3 aromatic rings. The SMILES string of the molecule is N#CC(=Cc1csc(-c2ccsc2)n1)C(=O)Nc1ccc(F)cc1. The Morgan fingerprint density at radius 2 is 2.04 bits per heavy atom. The molecule has 0 aliphatic rings. The summed E-state index contributed by atoms with van der Waals surface area (Å²) >= 11 is 3.02. The Labute approximate surface area is 145 Å². The fourth-order valence-corrected chi connectivity index (χ4v) is 3.39. The van der Waals surface area contributed by atoms with E-state index in [9.17, 15) is 14.4 Å². The summed E-state index contributed by atoms with van der Waals surface area (Å²) in [5.74, 6) is -0.957. The van der Waals surface area contributed by atoms with Crippen molar-refractivity contribution in [3.63, 3.8) is 0 Å². The summed E-state index contributed by atoms with van der Waals surface area (Å²) in [5, 5.41) is 18.3. The number of hydrogen-bond acceptors (Lipinski definition) is 5. The van der Waals surface area contributed by atoms with Gasteiger partial charge in [0, 0.05) is 22.0 Å². The highest BCUT2D eigenvalue weighted by Gasteiger charge is 2.11. The lowest BCUT2D eigenvalue weighted by Crippen LogP contribution is -2.13. The Morgan fingerprint density at radius 3 is 2.71 bits per heavy atom. The highest BCUT2D eigenvalue weighted by atomic mass is 32.1. The second kappa shape index (κ2) is 7.17. The lowest BCUT2D eigenvalue weighted by molar-refractivity contribution is -0.112. The van der Waals surface area contributed by atoms with Gasteiger partial charge in [-0.15, -0.1) is 11.3 Å². The number of carbonyl (C=O) groups excluding carboxylic acids is 1. The van der Waals surface area contributed by atoms with Crippen LogP contribution in [0.15, 0.2) is 52.0 Å². The molecular weight excluding hydrogens is 345 g/mol. The van der Waals surface area contributed by atoms with Crippen LogP contribution >= 0.6 is 22.7 Å². The average Bonchev–Trinajstić information content (AvgIpc) is 3.25. The van der Waals surface area contributed by atoms with Crippen LogP contribution in [0.5, 0.6) is 0 Å². The number of benzene rings is 1. The van der Waals surface area contributed by atoms with Crippen LogP contribution in [0.4, 0.5) is 10.1 Å². The summed E-state index contributed by atoms with van der Waals surface area (Å²) in [4.78, 5) is 16.6. The van der Waals surface area contributed by atoms with Gasteiger partial charge in [-0.25, -0.2) is 9.37 Å². The van der Waals surface area contributed by atoms with Crippen LogP contribution in [0, 0.1) is 17.1 Å². The first kappa shape index (κ1) is 16.1. The maximum Gasteiger partial charge on any atom is 0.266 e. The minimum atomic E-state index is -0.561. The summed E-state index contributed by atoms with van der Waals surface area (Å²) in [6.07, 6.45) is 1.44. The summed E-state index contributed by atoms with van der Waals surface area (Å²) < 4.78 is 12.9. The largest absolute Gasteiger partial charge is 0.321 e. The average molecular weight is 355 g/mol. The molecule has 0 spiro atoms. The molecule has 2 aromatic heterocycles. The Hall–Kier alpha value is -2.82. The van der Waals surface area contributed by atoms with E-state index in [0.29, 0.717) is 11.4 Å². The first-order chi connectivity index (χ1) is 11.7. The zero-order chi connectivity index (χ0) is 16.9. The van der Waals surface area contributed by atoms with Crippen molar-refractivity contribution >= 4 is 40.3 Å². The molecule has 3 rings (SSSR count). The second-order valence-electron chi connectivity index (χ2n) is 4.72. The van der Waals surface area contributed by atoms with E-state index in [0.717, 1.165) is 10.6 Å². The van der Waals surface area contributed by atoms with Crippen LogP contribution in [0.1, 0.15) is 5.69 Å². The lowest BCUT2D eigenvalue weighted by atomic mass is 10.2. The molecule has 0 aliphatic carbocycles. The van der Waals surface area contributed by atoms with Crippen LogP contribution in [0.2, 0.25) is 0 Å². The summed E-state index contributed by atoms with van der Waals surface area (Å²) in [7, 11) is 0. The molecule has 0 bridgehead atoms. The van der Waals surface area contributed by atoms with Crippen LogP contribution in [0.3, 0.4) is 0 Å². The van der Waals surface area contributed by atoms with E-state index in [1.165, 1.54) is 41.7 Å². The number of aromatic nitrogens is 1. The number of halogens is 1. The molecule has 0 aliphatic heterocycles. The number of hydrogen-bond donors (Lipinski definition) is 1. The van der Waals surface area contributed by atoms with Gasteiger partial charge in [0.2, 0.25) is 0 Å². The molecule has 2 heterocycles. The Morgan fingerprint density at radius 1 is 1.25 bits per heavy atom. The second-order valence-corrected chi connectivity index (χ2v) is 6.36. The van der Waals surface area contributed by atoms with Gasteiger partial charge in [-0.3, -0.25) is 4.79 Å². The molecule has 0 atom stereocenters. The van der Waals surface area contributed by atoms with Crippen molar-refractivity contribution in [2.24, 2.45) is 0 Å². The van der Waals surface area contributed by atoms with Gasteiger partial charge >= 0.3 is 0 Å². The quantitative estimate of drug-likeness (QED) is 0.551. The fraction of sp³-hybridized carbons (Fsp3) is 0. The Bertz CT molecular complexity index is 922. The van der Waals surface area contributed by atoms with Crippen molar-refractivity contribution < 1.29 is 9.18 Å². The van der Waals surface area contributed by atoms with E-state index in [-0.39, 0.29) is 5.57 Å². The molecule has 4 nitrogen and oxygen atoms in total. The van der Waals surface area contributed by atoms with Gasteiger partial charge in [0.1, 0.15) is 22.5 Å². The molecule has 1 aromatic carbocycles. The molecule has 1 N–H and O–H groups in total. The van der Waals surface area contributed by atoms with E-state index in [4.69, 9.17) is 0 Å². The first-order valence-corrected chi connectivity index (χ1v) is 8.65. The molecule has 7 heteroatoms. The maximum atomic E-state index is 12.9. The van der Waals surface area contributed by atoms with Gasteiger partial charge < -0.3 is 5.32 Å². The number of thiazole rings is 1. The highest BCUT2D eigenvalue weighted by molar-refractivity contribution is 7.14. The normalized spacial score (nSPS) is 11.1. The molecule has 118 valence electrons. The molecule has 0 unspecified atom stereocenters. The maximum absolute atomic E-state index is 12.9. The van der Waals surface area contributed by atoms with Crippen molar-refractivity contribution in [2.45, 2.75) is 0 Å². The number of thiophene rings is 1. The minimum Gasteiger partial charge on any atom is -0.321 e. The van der Waals surface area contributed by atoms with Crippen molar-refractivity contribution in [1.29, 1.82) is 5.26 Å². The predicted octanol–water partition coefficient (Wildman–Crippen LogP) is 4.56. The molecule has 0 radical (unpaired) electrons. The summed E-state index contributed by atoms with van der Waals surface area (Å²) in [5.41, 5.74) is 1.91. The minimum absolute atomic E-state index is 0.0681. The van der Waals surface area contributed by atoms with Crippen LogP contribution in [-0.4, -0.2) is 10.9 Å². The number of anilines is 1. The number of amides is 1. The Balaban J connectivity index is 1.78. The smallest absolute Gasteiger partial charge is 0.266 e. The number of nitriles is 1. The molecule has 0 saturated heterocycles. The van der Waals surface area contributed by atoms with Crippen LogP contribution < -0.4 is 5.32 Å². The van der Waals surface area contributed by atoms with Gasteiger partial charge in [-0.05, 0) is 41.8 Å². The molecular formula is C17H10FN3OS2. The zero-order valence-electron chi connectivity index (χ0n) is 12.2. The summed E-state index contributed by atoms with van der Waals surface area (Å²) in [6, 6.07) is 9.16. The predicted molar refractivity (Wildman–Crippen MR) is 94.0 cm³/mol. The van der Waals surface area contributed by atoms with Crippen molar-refractivity contribution in [3.8, 4) is 16.6 Å². The number of nitrogens with zero attached hydrogens (tertiary/aromatic N) is 2. The van der Waals surface area contributed by atoms with Gasteiger partial charge in [0.15, 0.2) is 0 Å². The first-order valence-electron chi connectivity index (χ1n) is 6.82. The van der Waals surface area contributed by atoms with E-state index in [1.54, 1.807) is 16.7 Å². The molecule has 24 heavy (non-hydrogen) atoms. The van der Waals surface area contributed by atoms with E-state index in [1.807, 2.05) is 22.9 Å². The lowest BCUT2D eigenvalue weighted by Gasteiger charge is -2.03. The monoisotopic (exact) mass is 355 g/mol. The fourth-order valence-electron chi connectivity index (χ4n) is 1.90. The van der Waals surface area contributed by atoms with Crippen LogP contribution in [-0.2, 0) is 4.79 Å². The van der Waals surface area contributed by atoms with E-state index >= 15 is 0 Å². The Kier molecular flexibility index (Phi) is 4.79. The van der Waals surface area contributed by atoms with Crippen molar-refractivity contribution in [1.82, 2.24) is 4.98 Å². The third kappa shape index (κ3) is 3.74. The number of rotatable bonds is 4. The zero-order valence-corrected chi connectivity index (χ0v) is 13.8. The number of nitrogens with one attached hydrogen (secondary N) is 1. The van der Waals surface area contributed by atoms with Gasteiger partial charge in [0.25, 0.3) is 5.91 Å².